The predicted octanol–water partition coefficient (Wildman–Crippen LogP) is 12.7. The third-order valence-electron chi connectivity index (χ3n) is 11.6. The maximum atomic E-state index is 14.1. The molecule has 74 heavy (non-hydrogen) atoms. The minimum Gasteiger partial charge on any atom is -0.506 e. The normalized spacial score (nSPS) is 11.2. The van der Waals surface area contributed by atoms with Gasteiger partial charge in [0.25, 0.3) is 23.6 Å². The van der Waals surface area contributed by atoms with Gasteiger partial charge >= 0.3 is 0 Å². The van der Waals surface area contributed by atoms with Crippen molar-refractivity contribution in [2.45, 2.75) is 0 Å². The molecule has 0 radical (unpaired) electrons. The Bertz CT molecular complexity index is 3500. The van der Waals surface area contributed by atoms with E-state index < -0.39 is 46.6 Å². The molecule has 0 fully saturated rings. The number of methoxy groups -OCH3 is 2. The van der Waals surface area contributed by atoms with Gasteiger partial charge in [-0.2, -0.15) is 0 Å². The van der Waals surface area contributed by atoms with Gasteiger partial charge < -0.3 is 51.2 Å². The number of amides is 4. The molecule has 0 aliphatic carbocycles. The number of phenolic OH excluding ortho intramolecular Hbond substituents is 4. The number of nitrogens with one attached hydrogen (secondary N) is 4. The number of para-hydroxylation sites is 2. The Morgan fingerprint density at radius 3 is 1.20 bits per heavy atom. The molecule has 0 bridgehead atoms. The fourth-order valence-electron chi connectivity index (χ4n) is 7.82. The van der Waals surface area contributed by atoms with Gasteiger partial charge in [-0.25, -0.2) is 0 Å². The van der Waals surface area contributed by atoms with Crippen molar-refractivity contribution in [3.63, 3.8) is 0 Å². The lowest BCUT2D eigenvalue weighted by Crippen LogP contribution is -2.15. The van der Waals surface area contributed by atoms with Gasteiger partial charge in [-0.05, 0) is 89.6 Å². The molecule has 18 heteroatoms. The second-order valence-corrected chi connectivity index (χ2v) is 16.3. The van der Waals surface area contributed by atoms with E-state index in [0.29, 0.717) is 32.9 Å². The van der Waals surface area contributed by atoms with Crippen molar-refractivity contribution in [2.75, 3.05) is 35.5 Å². The summed E-state index contributed by atoms with van der Waals surface area (Å²) in [6.45, 7) is 0. The first-order valence-corrected chi connectivity index (χ1v) is 22.5. The zero-order valence-electron chi connectivity index (χ0n) is 39.2. The summed E-state index contributed by atoms with van der Waals surface area (Å²) in [6, 6.07) is 45.2. The summed E-state index contributed by atoms with van der Waals surface area (Å²) in [5.41, 5.74) is 0.540. The summed E-state index contributed by atoms with van der Waals surface area (Å²) >= 11 is 0. The SMILES string of the molecule is COc1ccc(C(=O)Nc2ccccc2)cc1N=Nc1c(O)c(C(=O)Nc2cc(NC(=O)c3cc4ccccc4c(N=Nc4cc(C(=O)Nc5ccccc5)ccc4OC)c3O)c(O)cc2O)cc2ccccc12. The lowest BCUT2D eigenvalue weighted by molar-refractivity contribution is 0.101. The van der Waals surface area contributed by atoms with Crippen LogP contribution >= 0.6 is 0 Å². The first kappa shape index (κ1) is 48.4. The van der Waals surface area contributed by atoms with E-state index in [2.05, 4.69) is 41.7 Å². The number of phenols is 4. The topological polar surface area (TPSA) is 265 Å². The van der Waals surface area contributed by atoms with E-state index in [1.165, 1.54) is 38.5 Å². The van der Waals surface area contributed by atoms with Gasteiger partial charge in [0.1, 0.15) is 45.7 Å². The Labute approximate surface area is 420 Å². The summed E-state index contributed by atoms with van der Waals surface area (Å²) in [4.78, 5) is 54.4. The summed E-state index contributed by atoms with van der Waals surface area (Å²) in [5, 5.41) is 75.0. The highest BCUT2D eigenvalue weighted by atomic mass is 16.5. The van der Waals surface area contributed by atoms with Crippen LogP contribution in [-0.2, 0) is 0 Å². The first-order chi connectivity index (χ1) is 35.9. The van der Waals surface area contributed by atoms with Gasteiger partial charge in [-0.1, -0.05) is 84.9 Å². The van der Waals surface area contributed by atoms with Gasteiger partial charge in [-0.15, -0.1) is 20.5 Å². The fraction of sp³-hybridized carbons (Fsp3) is 0.0357. The highest BCUT2D eigenvalue weighted by Crippen LogP contribution is 2.44. The highest BCUT2D eigenvalue weighted by Gasteiger charge is 2.24. The van der Waals surface area contributed by atoms with Crippen LogP contribution < -0.4 is 30.7 Å². The highest BCUT2D eigenvalue weighted by molar-refractivity contribution is 6.14. The van der Waals surface area contributed by atoms with Crippen LogP contribution in [0.15, 0.2) is 190 Å². The number of anilines is 4. The summed E-state index contributed by atoms with van der Waals surface area (Å²) in [7, 11) is 2.84. The Morgan fingerprint density at radius 2 is 0.797 bits per heavy atom. The maximum absolute atomic E-state index is 14.1. The van der Waals surface area contributed by atoms with Crippen molar-refractivity contribution in [1.82, 2.24) is 0 Å². The quantitative estimate of drug-likeness (QED) is 0.0290. The van der Waals surface area contributed by atoms with E-state index in [4.69, 9.17) is 9.47 Å². The average Bonchev–Trinajstić information content (AvgIpc) is 3.41. The summed E-state index contributed by atoms with van der Waals surface area (Å²) in [5.74, 6) is -4.56. The van der Waals surface area contributed by atoms with Crippen LogP contribution in [0, 0.1) is 0 Å². The molecule has 8 N–H and O–H groups in total. The molecule has 0 atom stereocenters. The van der Waals surface area contributed by atoms with Crippen LogP contribution in [0.2, 0.25) is 0 Å². The molecule has 0 heterocycles. The Kier molecular flexibility index (Phi) is 13.8. The van der Waals surface area contributed by atoms with E-state index in [0.717, 1.165) is 12.1 Å². The Hall–Kier alpha value is -10.6. The van der Waals surface area contributed by atoms with Crippen molar-refractivity contribution in [1.29, 1.82) is 0 Å². The zero-order chi connectivity index (χ0) is 51.9. The van der Waals surface area contributed by atoms with Crippen molar-refractivity contribution in [2.24, 2.45) is 20.5 Å². The molecular formula is C56H42N8O10. The third kappa shape index (κ3) is 10.3. The minimum absolute atomic E-state index is 0.106. The second-order valence-electron chi connectivity index (χ2n) is 16.3. The van der Waals surface area contributed by atoms with E-state index >= 15 is 0 Å². The number of hydrogen-bond acceptors (Lipinski definition) is 14. The number of azo groups is 2. The van der Waals surface area contributed by atoms with Gasteiger partial charge in [0.15, 0.2) is 11.5 Å². The molecule has 0 saturated heterocycles. The number of nitrogens with zero attached hydrogens (tertiary/aromatic N) is 4. The smallest absolute Gasteiger partial charge is 0.259 e. The summed E-state index contributed by atoms with van der Waals surface area (Å²) < 4.78 is 11.0. The van der Waals surface area contributed by atoms with Crippen LogP contribution in [0.1, 0.15) is 41.4 Å². The van der Waals surface area contributed by atoms with Crippen molar-refractivity contribution in [3.8, 4) is 34.5 Å². The number of rotatable bonds is 14. The Balaban J connectivity index is 0.984. The second kappa shape index (κ2) is 21.2. The molecule has 0 saturated carbocycles. The number of carbonyl (C=O) groups excluding carboxylic acids is 4. The largest absolute Gasteiger partial charge is 0.506 e. The van der Waals surface area contributed by atoms with Crippen molar-refractivity contribution < 1.29 is 49.1 Å². The van der Waals surface area contributed by atoms with E-state index in [9.17, 15) is 39.6 Å². The van der Waals surface area contributed by atoms with Crippen LogP contribution in [-0.4, -0.2) is 58.3 Å². The molecule has 9 aromatic carbocycles. The van der Waals surface area contributed by atoms with E-state index in [1.807, 2.05) is 12.1 Å². The fourth-order valence-corrected chi connectivity index (χ4v) is 7.82. The number of benzene rings is 9. The molecule has 0 aliphatic heterocycles. The molecule has 0 aliphatic rings. The van der Waals surface area contributed by atoms with E-state index in [-0.39, 0.29) is 67.9 Å². The molecule has 0 spiro atoms. The maximum Gasteiger partial charge on any atom is 0.259 e. The standard InChI is InChI=1S/C56H42N8O10/c1-73-47-23-21-33(53(69)57-35-15-5-3-6-16-35)27-43(47)61-63-49-37-19-11-9-13-31(37)25-39(51(49)67)55(71)59-41-29-42(46(66)30-45(41)65)60-56(72)40-26-32-14-10-12-20-38(32)50(52(40)68)64-62-44-28-34(22-24-48(44)74-2)54(70)58-36-17-7-4-8-18-36/h3-30,65-68H,1-2H3,(H,57,69)(H,58,70)(H,59,71)(H,60,72). The van der Waals surface area contributed by atoms with Crippen LogP contribution in [0.5, 0.6) is 34.5 Å². The molecule has 4 amide bonds. The molecule has 0 unspecified atom stereocenters. The van der Waals surface area contributed by atoms with Crippen LogP contribution in [0.25, 0.3) is 21.5 Å². The van der Waals surface area contributed by atoms with Gasteiger partial charge in [0.05, 0.1) is 36.7 Å². The number of ether oxygens (including phenoxy) is 2. The third-order valence-corrected chi connectivity index (χ3v) is 11.6. The molecule has 366 valence electrons. The monoisotopic (exact) mass is 986 g/mol. The lowest BCUT2D eigenvalue weighted by atomic mass is 10.0. The van der Waals surface area contributed by atoms with Crippen LogP contribution in [0.4, 0.5) is 45.5 Å². The number of aromatic hydroxyl groups is 4. The number of carbonyl (C=O) groups is 4. The zero-order valence-corrected chi connectivity index (χ0v) is 39.2. The number of hydrogen-bond donors (Lipinski definition) is 8. The number of fused-ring (bicyclic) bond motifs is 2. The molecule has 0 aromatic heterocycles. The van der Waals surface area contributed by atoms with Gasteiger partial charge in [0, 0.05) is 39.3 Å². The van der Waals surface area contributed by atoms with Gasteiger partial charge in [-0.3, -0.25) is 19.2 Å². The van der Waals surface area contributed by atoms with Crippen molar-refractivity contribution in [3.05, 3.63) is 192 Å². The lowest BCUT2D eigenvalue weighted by Gasteiger charge is -2.15. The van der Waals surface area contributed by atoms with E-state index in [1.54, 1.807) is 121 Å². The van der Waals surface area contributed by atoms with Crippen LogP contribution in [0.3, 0.4) is 0 Å². The molecular weight excluding hydrogens is 945 g/mol. The first-order valence-electron chi connectivity index (χ1n) is 22.5. The molecule has 9 aromatic rings. The average molecular weight is 987 g/mol. The van der Waals surface area contributed by atoms with Gasteiger partial charge in [0.2, 0.25) is 0 Å². The van der Waals surface area contributed by atoms with Crippen molar-refractivity contribution >= 4 is 90.7 Å². The molecule has 9 rings (SSSR count). The minimum atomic E-state index is -0.929. The predicted molar refractivity (Wildman–Crippen MR) is 280 cm³/mol. The Morgan fingerprint density at radius 1 is 0.405 bits per heavy atom. The molecule has 18 nitrogen and oxygen atoms in total. The summed E-state index contributed by atoms with van der Waals surface area (Å²) in [6.07, 6.45) is 0.